The number of piperidine rings is 1. The molecule has 2 saturated heterocycles. The number of benzene rings is 1. The van der Waals surface area contributed by atoms with Crippen molar-refractivity contribution in [2.75, 3.05) is 51.3 Å². The molecule has 2 aliphatic rings. The number of rotatable bonds is 6. The molecule has 0 bridgehead atoms. The van der Waals surface area contributed by atoms with Crippen molar-refractivity contribution in [2.45, 2.75) is 25.4 Å². The summed E-state index contributed by atoms with van der Waals surface area (Å²) in [5.41, 5.74) is 1.29. The number of hydrogen-bond acceptors (Lipinski definition) is 5. The third kappa shape index (κ3) is 4.82. The second kappa shape index (κ2) is 10.0. The molecule has 160 valence electrons. The average molecular weight is 409 g/mol. The van der Waals surface area contributed by atoms with Crippen LogP contribution in [0.25, 0.3) is 0 Å². The van der Waals surface area contributed by atoms with E-state index in [1.165, 1.54) is 5.56 Å². The molecule has 0 aliphatic carbocycles. The van der Waals surface area contributed by atoms with Crippen LogP contribution >= 0.6 is 0 Å². The number of anilines is 1. The number of hydrogen-bond donors (Lipinski definition) is 0. The number of nitrogens with zero attached hydrogens (tertiary/aromatic N) is 4. The van der Waals surface area contributed by atoms with Gasteiger partial charge in [-0.15, -0.1) is 0 Å². The molecule has 6 heteroatoms. The summed E-state index contributed by atoms with van der Waals surface area (Å²) >= 11 is 0. The summed E-state index contributed by atoms with van der Waals surface area (Å²) in [5, 5.41) is 0. The van der Waals surface area contributed by atoms with Gasteiger partial charge in [0.1, 0.15) is 5.82 Å². The van der Waals surface area contributed by atoms with Crippen LogP contribution in [0.5, 0.6) is 0 Å². The SMILES string of the molecule is COCC1C(C(=O)N2CCN(c3ccccn3)CC2)CCCN1Cc1ccccc1. The van der Waals surface area contributed by atoms with E-state index in [4.69, 9.17) is 4.74 Å². The van der Waals surface area contributed by atoms with Gasteiger partial charge in [0.15, 0.2) is 0 Å². The molecule has 0 spiro atoms. The highest BCUT2D eigenvalue weighted by molar-refractivity contribution is 5.80. The second-order valence-corrected chi connectivity index (χ2v) is 8.23. The Balaban J connectivity index is 1.40. The molecule has 1 aromatic carbocycles. The molecule has 0 radical (unpaired) electrons. The van der Waals surface area contributed by atoms with Gasteiger partial charge < -0.3 is 14.5 Å². The number of amides is 1. The average Bonchev–Trinajstić information content (AvgIpc) is 2.81. The van der Waals surface area contributed by atoms with Gasteiger partial charge >= 0.3 is 0 Å². The lowest BCUT2D eigenvalue weighted by Crippen LogP contribution is -2.56. The number of pyridine rings is 1. The van der Waals surface area contributed by atoms with Crippen molar-refractivity contribution in [3.05, 3.63) is 60.3 Å². The van der Waals surface area contributed by atoms with Crippen LogP contribution < -0.4 is 4.90 Å². The van der Waals surface area contributed by atoms with Crippen LogP contribution in [0.15, 0.2) is 54.7 Å². The van der Waals surface area contributed by atoms with Crippen molar-refractivity contribution in [1.29, 1.82) is 0 Å². The third-order valence-corrected chi connectivity index (χ3v) is 6.34. The Bertz CT molecular complexity index is 793. The Hall–Kier alpha value is -2.44. The van der Waals surface area contributed by atoms with E-state index in [-0.39, 0.29) is 17.9 Å². The summed E-state index contributed by atoms with van der Waals surface area (Å²) in [6, 6.07) is 16.6. The lowest BCUT2D eigenvalue weighted by Gasteiger charge is -2.43. The summed E-state index contributed by atoms with van der Waals surface area (Å²) in [4.78, 5) is 24.7. The van der Waals surface area contributed by atoms with Gasteiger partial charge in [-0.2, -0.15) is 0 Å². The Morgan fingerprint density at radius 1 is 1.03 bits per heavy atom. The molecule has 0 N–H and O–H groups in total. The number of carbonyl (C=O) groups excluding carboxylic acids is 1. The van der Waals surface area contributed by atoms with E-state index in [1.807, 2.05) is 30.5 Å². The summed E-state index contributed by atoms with van der Waals surface area (Å²) in [6.45, 7) is 5.65. The van der Waals surface area contributed by atoms with Crippen molar-refractivity contribution in [2.24, 2.45) is 5.92 Å². The minimum absolute atomic E-state index is 0.00353. The van der Waals surface area contributed by atoms with Gasteiger partial charge in [-0.25, -0.2) is 4.98 Å². The Morgan fingerprint density at radius 3 is 2.50 bits per heavy atom. The molecule has 2 unspecified atom stereocenters. The van der Waals surface area contributed by atoms with E-state index in [0.717, 1.165) is 57.9 Å². The fourth-order valence-electron chi connectivity index (χ4n) is 4.75. The van der Waals surface area contributed by atoms with E-state index in [1.54, 1.807) is 7.11 Å². The molecule has 2 atom stereocenters. The summed E-state index contributed by atoms with van der Waals surface area (Å²) in [6.07, 6.45) is 3.82. The fraction of sp³-hybridized carbons (Fsp3) is 0.500. The van der Waals surface area contributed by atoms with E-state index in [2.05, 4.69) is 43.9 Å². The highest BCUT2D eigenvalue weighted by atomic mass is 16.5. The van der Waals surface area contributed by atoms with Crippen molar-refractivity contribution < 1.29 is 9.53 Å². The maximum atomic E-state index is 13.5. The molecule has 3 heterocycles. The van der Waals surface area contributed by atoms with Crippen molar-refractivity contribution in [3.8, 4) is 0 Å². The van der Waals surface area contributed by atoms with Gasteiger partial charge in [0.2, 0.25) is 5.91 Å². The van der Waals surface area contributed by atoms with Crippen molar-refractivity contribution in [3.63, 3.8) is 0 Å². The maximum Gasteiger partial charge on any atom is 0.227 e. The zero-order valence-corrected chi connectivity index (χ0v) is 17.8. The predicted octanol–water partition coefficient (Wildman–Crippen LogP) is 2.66. The van der Waals surface area contributed by atoms with Crippen LogP contribution in [0, 0.1) is 5.92 Å². The van der Waals surface area contributed by atoms with E-state index < -0.39 is 0 Å². The summed E-state index contributed by atoms with van der Waals surface area (Å²) < 4.78 is 5.56. The van der Waals surface area contributed by atoms with Gasteiger partial charge in [-0.1, -0.05) is 36.4 Å². The third-order valence-electron chi connectivity index (χ3n) is 6.34. The molecular weight excluding hydrogens is 376 g/mol. The van der Waals surface area contributed by atoms with Crippen LogP contribution in [0.4, 0.5) is 5.82 Å². The lowest BCUT2D eigenvalue weighted by molar-refractivity contribution is -0.141. The first-order valence-corrected chi connectivity index (χ1v) is 11.0. The molecule has 2 fully saturated rings. The molecule has 2 aliphatic heterocycles. The number of likely N-dealkylation sites (tertiary alicyclic amines) is 1. The Labute approximate surface area is 179 Å². The lowest BCUT2D eigenvalue weighted by atomic mass is 9.87. The zero-order chi connectivity index (χ0) is 20.8. The number of methoxy groups -OCH3 is 1. The largest absolute Gasteiger partial charge is 0.383 e. The minimum atomic E-state index is 0.00353. The van der Waals surface area contributed by atoms with Gasteiger partial charge in [-0.3, -0.25) is 9.69 Å². The number of aromatic nitrogens is 1. The fourth-order valence-corrected chi connectivity index (χ4v) is 4.75. The molecule has 1 amide bonds. The minimum Gasteiger partial charge on any atom is -0.383 e. The van der Waals surface area contributed by atoms with Crippen LogP contribution in [-0.2, 0) is 16.1 Å². The maximum absolute atomic E-state index is 13.5. The van der Waals surface area contributed by atoms with Gasteiger partial charge in [0.25, 0.3) is 0 Å². The molecular formula is C24H32N4O2. The number of piperazine rings is 1. The van der Waals surface area contributed by atoms with Gasteiger partial charge in [-0.05, 0) is 37.1 Å². The summed E-state index contributed by atoms with van der Waals surface area (Å²) in [7, 11) is 1.74. The Kier molecular flexibility index (Phi) is 6.97. The highest BCUT2D eigenvalue weighted by Crippen LogP contribution is 2.28. The van der Waals surface area contributed by atoms with Crippen molar-refractivity contribution in [1.82, 2.24) is 14.8 Å². The first-order valence-electron chi connectivity index (χ1n) is 11.0. The molecule has 6 nitrogen and oxygen atoms in total. The van der Waals surface area contributed by atoms with E-state index >= 15 is 0 Å². The van der Waals surface area contributed by atoms with E-state index in [9.17, 15) is 4.79 Å². The van der Waals surface area contributed by atoms with Crippen LogP contribution in [-0.4, -0.2) is 73.2 Å². The van der Waals surface area contributed by atoms with Crippen molar-refractivity contribution >= 4 is 11.7 Å². The number of ether oxygens (including phenoxy) is 1. The van der Waals surface area contributed by atoms with Gasteiger partial charge in [0, 0.05) is 52.1 Å². The predicted molar refractivity (Wildman–Crippen MR) is 118 cm³/mol. The van der Waals surface area contributed by atoms with Crippen LogP contribution in [0.3, 0.4) is 0 Å². The molecule has 30 heavy (non-hydrogen) atoms. The smallest absolute Gasteiger partial charge is 0.227 e. The quantitative estimate of drug-likeness (QED) is 0.736. The molecule has 1 aromatic heterocycles. The van der Waals surface area contributed by atoms with Crippen LogP contribution in [0.2, 0.25) is 0 Å². The monoisotopic (exact) mass is 408 g/mol. The standard InChI is InChI=1S/C24H32N4O2/c1-30-19-22-21(10-7-13-28(22)18-20-8-3-2-4-9-20)24(29)27-16-14-26(15-17-27)23-11-5-6-12-25-23/h2-6,8-9,11-12,21-22H,7,10,13-19H2,1H3. The molecule has 2 aromatic rings. The Morgan fingerprint density at radius 2 is 1.80 bits per heavy atom. The van der Waals surface area contributed by atoms with E-state index in [0.29, 0.717) is 6.61 Å². The highest BCUT2D eigenvalue weighted by Gasteiger charge is 2.38. The topological polar surface area (TPSA) is 48.9 Å². The normalized spacial score (nSPS) is 22.8. The summed E-state index contributed by atoms with van der Waals surface area (Å²) in [5.74, 6) is 1.29. The second-order valence-electron chi connectivity index (χ2n) is 8.23. The van der Waals surface area contributed by atoms with Gasteiger partial charge in [0.05, 0.1) is 12.5 Å². The molecule has 4 rings (SSSR count). The first-order chi connectivity index (χ1) is 14.8. The number of carbonyl (C=O) groups is 1. The zero-order valence-electron chi connectivity index (χ0n) is 17.8. The van der Waals surface area contributed by atoms with Crippen LogP contribution in [0.1, 0.15) is 18.4 Å². The molecule has 0 saturated carbocycles. The first kappa shape index (κ1) is 20.8.